The maximum atomic E-state index is 5.34. The van der Waals surface area contributed by atoms with Crippen molar-refractivity contribution in [1.82, 2.24) is 5.01 Å². The first-order valence-electron chi connectivity index (χ1n) is 8.67. The molecule has 1 N–H and O–H groups in total. The van der Waals surface area contributed by atoms with E-state index in [9.17, 15) is 0 Å². The van der Waals surface area contributed by atoms with Crippen LogP contribution in [0.3, 0.4) is 0 Å². The van der Waals surface area contributed by atoms with E-state index >= 15 is 0 Å². The predicted octanol–water partition coefficient (Wildman–Crippen LogP) is 1.44. The third kappa shape index (κ3) is 4.73. The molecule has 0 saturated carbocycles. The molecule has 0 aromatic heterocycles. The van der Waals surface area contributed by atoms with Crippen LogP contribution in [0.15, 0.2) is 53.6 Å². The molecular weight excluding hydrogens is 314 g/mol. The summed E-state index contributed by atoms with van der Waals surface area (Å²) in [4.78, 5) is 1.61. The van der Waals surface area contributed by atoms with Crippen molar-refractivity contribution >= 4 is 6.21 Å². The third-order valence-corrected chi connectivity index (χ3v) is 4.52. The molecule has 3 rings (SSSR count). The van der Waals surface area contributed by atoms with E-state index in [4.69, 9.17) is 9.47 Å². The molecule has 0 amide bonds. The molecule has 132 valence electrons. The summed E-state index contributed by atoms with van der Waals surface area (Å²) in [5.41, 5.74) is 2.41. The number of ether oxygens (including phenoxy) is 2. The molecule has 0 spiro atoms. The fraction of sp³-hybridized carbons (Fsp3) is 0.350. The Balaban J connectivity index is 1.52. The third-order valence-electron chi connectivity index (χ3n) is 4.52. The lowest BCUT2D eigenvalue weighted by Gasteiger charge is -2.30. The van der Waals surface area contributed by atoms with Crippen LogP contribution in [0.1, 0.15) is 11.1 Å². The van der Waals surface area contributed by atoms with Gasteiger partial charge in [-0.3, -0.25) is 5.01 Å². The van der Waals surface area contributed by atoms with Crippen LogP contribution in [-0.4, -0.2) is 51.6 Å². The van der Waals surface area contributed by atoms with Crippen molar-refractivity contribution in [3.8, 4) is 11.5 Å². The van der Waals surface area contributed by atoms with Crippen molar-refractivity contribution in [2.45, 2.75) is 6.54 Å². The molecule has 0 aliphatic carbocycles. The van der Waals surface area contributed by atoms with E-state index in [2.05, 4.69) is 40.4 Å². The molecule has 1 aliphatic rings. The average Bonchev–Trinajstić information content (AvgIpc) is 2.68. The first-order chi connectivity index (χ1) is 12.3. The van der Waals surface area contributed by atoms with Gasteiger partial charge < -0.3 is 14.4 Å². The maximum Gasteiger partial charge on any atom is 0.161 e. The normalized spacial score (nSPS) is 15.5. The van der Waals surface area contributed by atoms with E-state index in [-0.39, 0.29) is 0 Å². The topological polar surface area (TPSA) is 38.5 Å². The van der Waals surface area contributed by atoms with Crippen molar-refractivity contribution in [1.29, 1.82) is 0 Å². The van der Waals surface area contributed by atoms with Gasteiger partial charge in [-0.25, -0.2) is 0 Å². The summed E-state index contributed by atoms with van der Waals surface area (Å²) >= 11 is 0. The predicted molar refractivity (Wildman–Crippen MR) is 99.6 cm³/mol. The molecule has 2 aromatic carbocycles. The Morgan fingerprint density at radius 1 is 1.00 bits per heavy atom. The first-order valence-corrected chi connectivity index (χ1v) is 8.67. The number of hydrazone groups is 1. The number of rotatable bonds is 6. The van der Waals surface area contributed by atoms with Gasteiger partial charge >= 0.3 is 0 Å². The Hall–Kier alpha value is -2.53. The number of hydrogen-bond acceptors (Lipinski definition) is 4. The molecule has 0 radical (unpaired) electrons. The Morgan fingerprint density at radius 2 is 1.72 bits per heavy atom. The summed E-state index contributed by atoms with van der Waals surface area (Å²) in [5, 5.41) is 6.77. The number of quaternary nitrogens is 1. The summed E-state index contributed by atoms with van der Waals surface area (Å²) in [6.45, 7) is 5.27. The van der Waals surface area contributed by atoms with Gasteiger partial charge in [-0.2, -0.15) is 5.10 Å². The Morgan fingerprint density at radius 3 is 2.40 bits per heavy atom. The smallest absolute Gasteiger partial charge is 0.161 e. The van der Waals surface area contributed by atoms with Gasteiger partial charge in [0, 0.05) is 5.56 Å². The second kappa shape index (κ2) is 8.53. The van der Waals surface area contributed by atoms with E-state index in [0.29, 0.717) is 0 Å². The molecule has 5 nitrogen and oxygen atoms in total. The number of methoxy groups -OCH3 is 2. The van der Waals surface area contributed by atoms with Gasteiger partial charge in [-0.05, 0) is 23.8 Å². The van der Waals surface area contributed by atoms with Crippen molar-refractivity contribution in [3.05, 3.63) is 59.7 Å². The second-order valence-corrected chi connectivity index (χ2v) is 6.23. The molecule has 1 saturated heterocycles. The molecule has 2 aromatic rings. The molecule has 1 aliphatic heterocycles. The summed E-state index contributed by atoms with van der Waals surface area (Å²) in [6, 6.07) is 16.5. The van der Waals surface area contributed by atoms with Crippen molar-refractivity contribution in [2.24, 2.45) is 5.10 Å². The highest BCUT2D eigenvalue weighted by Crippen LogP contribution is 2.26. The number of hydrogen-bond donors (Lipinski definition) is 1. The highest BCUT2D eigenvalue weighted by Gasteiger charge is 2.18. The van der Waals surface area contributed by atoms with Crippen LogP contribution < -0.4 is 14.4 Å². The number of benzene rings is 2. The minimum atomic E-state index is 0.726. The van der Waals surface area contributed by atoms with Gasteiger partial charge in [-0.15, -0.1) is 0 Å². The highest BCUT2D eigenvalue weighted by molar-refractivity contribution is 5.80. The largest absolute Gasteiger partial charge is 0.493 e. The van der Waals surface area contributed by atoms with E-state index in [1.165, 1.54) is 5.56 Å². The SMILES string of the molecule is COc1ccc(/C=N/N2CC[NH+](Cc3ccccc3)CC2)cc1OC. The second-order valence-electron chi connectivity index (χ2n) is 6.23. The number of nitrogens with zero attached hydrogens (tertiary/aromatic N) is 2. The molecule has 0 bridgehead atoms. The molecule has 25 heavy (non-hydrogen) atoms. The van der Waals surface area contributed by atoms with E-state index in [1.54, 1.807) is 19.1 Å². The highest BCUT2D eigenvalue weighted by atomic mass is 16.5. The fourth-order valence-electron chi connectivity index (χ4n) is 3.07. The molecule has 0 atom stereocenters. The Bertz CT molecular complexity index is 695. The molecule has 0 unspecified atom stereocenters. The lowest BCUT2D eigenvalue weighted by Crippen LogP contribution is -3.13. The molecular formula is C20H26N3O2+. The number of piperazine rings is 1. The zero-order valence-electron chi connectivity index (χ0n) is 14.9. The first kappa shape index (κ1) is 17.3. The van der Waals surface area contributed by atoms with Crippen LogP contribution in [0.4, 0.5) is 0 Å². The van der Waals surface area contributed by atoms with Crippen LogP contribution in [0.2, 0.25) is 0 Å². The minimum Gasteiger partial charge on any atom is -0.493 e. The Kier molecular flexibility index (Phi) is 5.90. The molecule has 5 heteroatoms. The van der Waals surface area contributed by atoms with Gasteiger partial charge in [0.15, 0.2) is 11.5 Å². The van der Waals surface area contributed by atoms with Crippen LogP contribution in [0.5, 0.6) is 11.5 Å². The maximum absolute atomic E-state index is 5.34. The fourth-order valence-corrected chi connectivity index (χ4v) is 3.07. The van der Waals surface area contributed by atoms with Crippen LogP contribution in [0, 0.1) is 0 Å². The van der Waals surface area contributed by atoms with Crippen molar-refractivity contribution in [3.63, 3.8) is 0 Å². The van der Waals surface area contributed by atoms with Crippen molar-refractivity contribution < 1.29 is 14.4 Å². The monoisotopic (exact) mass is 340 g/mol. The quantitative estimate of drug-likeness (QED) is 0.809. The van der Waals surface area contributed by atoms with Crippen LogP contribution in [-0.2, 0) is 6.54 Å². The molecule has 1 fully saturated rings. The molecule has 1 heterocycles. The van der Waals surface area contributed by atoms with Gasteiger partial charge in [0.1, 0.15) is 6.54 Å². The standard InChI is InChI=1S/C20H25N3O2/c1-24-19-9-8-18(14-20(19)25-2)15-21-23-12-10-22(11-13-23)16-17-6-4-3-5-7-17/h3-9,14-15H,10-13,16H2,1-2H3/p+1/b21-15+. The summed E-state index contributed by atoms with van der Waals surface area (Å²) in [6.07, 6.45) is 1.89. The number of nitrogens with one attached hydrogen (secondary N) is 1. The van der Waals surface area contributed by atoms with Gasteiger partial charge in [0.25, 0.3) is 0 Å². The average molecular weight is 340 g/mol. The van der Waals surface area contributed by atoms with Gasteiger partial charge in [0.2, 0.25) is 0 Å². The van der Waals surface area contributed by atoms with Crippen LogP contribution in [0.25, 0.3) is 0 Å². The summed E-state index contributed by atoms with van der Waals surface area (Å²) < 4.78 is 10.6. The lowest BCUT2D eigenvalue weighted by atomic mass is 10.2. The van der Waals surface area contributed by atoms with Gasteiger partial charge in [-0.1, -0.05) is 30.3 Å². The Labute approximate surface area is 149 Å². The van der Waals surface area contributed by atoms with Crippen molar-refractivity contribution in [2.75, 3.05) is 40.4 Å². The zero-order chi connectivity index (χ0) is 17.5. The van der Waals surface area contributed by atoms with E-state index < -0.39 is 0 Å². The summed E-state index contributed by atoms with van der Waals surface area (Å²) in [5.74, 6) is 1.46. The lowest BCUT2D eigenvalue weighted by molar-refractivity contribution is -0.918. The minimum absolute atomic E-state index is 0.726. The van der Waals surface area contributed by atoms with Gasteiger partial charge in [0.05, 0.1) is 46.6 Å². The zero-order valence-corrected chi connectivity index (χ0v) is 14.9. The van der Waals surface area contributed by atoms with E-state index in [0.717, 1.165) is 49.8 Å². The van der Waals surface area contributed by atoms with Crippen LogP contribution >= 0.6 is 0 Å². The summed E-state index contributed by atoms with van der Waals surface area (Å²) in [7, 11) is 3.29. The van der Waals surface area contributed by atoms with E-state index in [1.807, 2.05) is 24.4 Å².